The van der Waals surface area contributed by atoms with Gasteiger partial charge in [0.25, 0.3) is 0 Å². The van der Waals surface area contributed by atoms with Gasteiger partial charge in [0, 0.05) is 19.2 Å². The Morgan fingerprint density at radius 1 is 1.50 bits per heavy atom. The lowest BCUT2D eigenvalue weighted by atomic mass is 10.0. The Kier molecular flexibility index (Phi) is 3.53. The Morgan fingerprint density at radius 3 is 2.67 bits per heavy atom. The Balaban J connectivity index is 1.99. The molecule has 0 aromatic heterocycles. The molecule has 0 bridgehead atoms. The molecule has 1 aliphatic rings. The Morgan fingerprint density at radius 2 is 2.17 bits per heavy atom. The van der Waals surface area contributed by atoms with Crippen LogP contribution in [0.25, 0.3) is 0 Å². The first-order valence-electron chi connectivity index (χ1n) is 5.00. The van der Waals surface area contributed by atoms with Crippen LogP contribution in [-0.2, 0) is 4.74 Å². The van der Waals surface area contributed by atoms with Crippen molar-refractivity contribution in [2.24, 2.45) is 5.41 Å². The van der Waals surface area contributed by atoms with E-state index in [0.29, 0.717) is 11.5 Å². The zero-order valence-electron chi connectivity index (χ0n) is 8.52. The minimum atomic E-state index is 0.589. The van der Waals surface area contributed by atoms with Crippen molar-refractivity contribution in [1.82, 2.24) is 5.32 Å². The van der Waals surface area contributed by atoms with E-state index in [9.17, 15) is 0 Å². The van der Waals surface area contributed by atoms with Gasteiger partial charge in [0.1, 0.15) is 0 Å². The predicted molar refractivity (Wildman–Crippen MR) is 51.3 cm³/mol. The van der Waals surface area contributed by atoms with Crippen LogP contribution in [0.15, 0.2) is 0 Å². The van der Waals surface area contributed by atoms with Gasteiger partial charge in [-0.25, -0.2) is 0 Å². The van der Waals surface area contributed by atoms with E-state index in [1.165, 1.54) is 12.8 Å². The second-order valence-electron chi connectivity index (χ2n) is 4.03. The van der Waals surface area contributed by atoms with Gasteiger partial charge in [0.05, 0.1) is 6.61 Å². The average molecular weight is 171 g/mol. The molecule has 1 aliphatic carbocycles. The normalized spacial score (nSPS) is 22.2. The van der Waals surface area contributed by atoms with E-state index in [4.69, 9.17) is 4.74 Å². The van der Waals surface area contributed by atoms with Crippen LogP contribution in [0.3, 0.4) is 0 Å². The van der Waals surface area contributed by atoms with Crippen molar-refractivity contribution in [2.75, 3.05) is 19.8 Å². The standard InChI is InChI=1S/C10H21NO/c1-4-12-8-7-11-9(2)10(3)5-6-10/h9,11H,4-8H2,1-3H3. The third kappa shape index (κ3) is 2.76. The van der Waals surface area contributed by atoms with Gasteiger partial charge in [-0.1, -0.05) is 6.92 Å². The van der Waals surface area contributed by atoms with Crippen LogP contribution in [0.2, 0.25) is 0 Å². The average Bonchev–Trinajstić information content (AvgIpc) is 2.78. The molecule has 1 unspecified atom stereocenters. The van der Waals surface area contributed by atoms with Gasteiger partial charge < -0.3 is 10.1 Å². The summed E-state index contributed by atoms with van der Waals surface area (Å²) in [5.41, 5.74) is 0.589. The van der Waals surface area contributed by atoms with Crippen molar-refractivity contribution in [3.63, 3.8) is 0 Å². The monoisotopic (exact) mass is 171 g/mol. The maximum absolute atomic E-state index is 5.25. The Bertz CT molecular complexity index is 132. The van der Waals surface area contributed by atoms with Crippen molar-refractivity contribution >= 4 is 0 Å². The van der Waals surface area contributed by atoms with Gasteiger partial charge >= 0.3 is 0 Å². The van der Waals surface area contributed by atoms with Gasteiger partial charge in [-0.3, -0.25) is 0 Å². The van der Waals surface area contributed by atoms with E-state index >= 15 is 0 Å². The molecule has 1 saturated carbocycles. The maximum Gasteiger partial charge on any atom is 0.0590 e. The third-order valence-electron chi connectivity index (χ3n) is 2.99. The number of hydrogen-bond acceptors (Lipinski definition) is 2. The minimum absolute atomic E-state index is 0.589. The largest absolute Gasteiger partial charge is 0.380 e. The summed E-state index contributed by atoms with van der Waals surface area (Å²) < 4.78 is 5.25. The molecule has 2 nitrogen and oxygen atoms in total. The molecule has 1 rings (SSSR count). The van der Waals surface area contributed by atoms with Crippen molar-refractivity contribution in [3.05, 3.63) is 0 Å². The number of hydrogen-bond donors (Lipinski definition) is 1. The van der Waals surface area contributed by atoms with E-state index in [1.54, 1.807) is 0 Å². The molecular formula is C10H21NO. The van der Waals surface area contributed by atoms with Crippen LogP contribution in [-0.4, -0.2) is 25.8 Å². The fourth-order valence-electron chi connectivity index (χ4n) is 1.37. The van der Waals surface area contributed by atoms with Crippen LogP contribution in [0, 0.1) is 5.41 Å². The molecule has 72 valence electrons. The number of ether oxygens (including phenoxy) is 1. The lowest BCUT2D eigenvalue weighted by Crippen LogP contribution is -2.35. The molecule has 0 saturated heterocycles. The molecular weight excluding hydrogens is 150 g/mol. The summed E-state index contributed by atoms with van der Waals surface area (Å²) in [6, 6.07) is 0.651. The molecule has 0 amide bonds. The number of rotatable bonds is 6. The van der Waals surface area contributed by atoms with E-state index in [1.807, 2.05) is 6.92 Å². The zero-order chi connectivity index (χ0) is 9.03. The molecule has 1 fully saturated rings. The topological polar surface area (TPSA) is 21.3 Å². The smallest absolute Gasteiger partial charge is 0.0590 e. The first-order chi connectivity index (χ1) is 5.69. The molecule has 0 aromatic carbocycles. The van der Waals surface area contributed by atoms with Crippen LogP contribution in [0.5, 0.6) is 0 Å². The summed E-state index contributed by atoms with van der Waals surface area (Å²) in [5, 5.41) is 3.49. The third-order valence-corrected chi connectivity index (χ3v) is 2.99. The van der Waals surface area contributed by atoms with Gasteiger partial charge in [0.2, 0.25) is 0 Å². The molecule has 1 atom stereocenters. The van der Waals surface area contributed by atoms with Gasteiger partial charge in [-0.05, 0) is 32.1 Å². The van der Waals surface area contributed by atoms with Crippen LogP contribution in [0.1, 0.15) is 33.6 Å². The quantitative estimate of drug-likeness (QED) is 0.615. The lowest BCUT2D eigenvalue weighted by Gasteiger charge is -2.20. The van der Waals surface area contributed by atoms with Gasteiger partial charge in [-0.15, -0.1) is 0 Å². The molecule has 0 heterocycles. The first kappa shape index (κ1) is 10.0. The van der Waals surface area contributed by atoms with E-state index in [0.717, 1.165) is 19.8 Å². The summed E-state index contributed by atoms with van der Waals surface area (Å²) in [6.45, 7) is 9.32. The maximum atomic E-state index is 5.25. The highest BCUT2D eigenvalue weighted by Crippen LogP contribution is 2.47. The summed E-state index contributed by atoms with van der Waals surface area (Å²) >= 11 is 0. The molecule has 12 heavy (non-hydrogen) atoms. The van der Waals surface area contributed by atoms with E-state index in [-0.39, 0.29) is 0 Å². The van der Waals surface area contributed by atoms with Crippen molar-refractivity contribution < 1.29 is 4.74 Å². The minimum Gasteiger partial charge on any atom is -0.380 e. The van der Waals surface area contributed by atoms with Gasteiger partial charge in [-0.2, -0.15) is 0 Å². The molecule has 0 radical (unpaired) electrons. The Hall–Kier alpha value is -0.0800. The summed E-state index contributed by atoms with van der Waals surface area (Å²) in [4.78, 5) is 0. The molecule has 0 aromatic rings. The number of nitrogens with one attached hydrogen (secondary N) is 1. The molecule has 2 heteroatoms. The fourth-order valence-corrected chi connectivity index (χ4v) is 1.37. The van der Waals surface area contributed by atoms with Crippen molar-refractivity contribution in [3.8, 4) is 0 Å². The Labute approximate surface area is 75.7 Å². The van der Waals surface area contributed by atoms with Crippen molar-refractivity contribution in [1.29, 1.82) is 0 Å². The highest BCUT2D eigenvalue weighted by Gasteiger charge is 2.41. The predicted octanol–water partition coefficient (Wildman–Crippen LogP) is 1.80. The van der Waals surface area contributed by atoms with E-state index < -0.39 is 0 Å². The highest BCUT2D eigenvalue weighted by atomic mass is 16.5. The van der Waals surface area contributed by atoms with E-state index in [2.05, 4.69) is 19.2 Å². The molecule has 0 spiro atoms. The lowest BCUT2D eigenvalue weighted by molar-refractivity contribution is 0.144. The van der Waals surface area contributed by atoms with Crippen LogP contribution < -0.4 is 5.32 Å². The van der Waals surface area contributed by atoms with Gasteiger partial charge in [0.15, 0.2) is 0 Å². The SMILES string of the molecule is CCOCCNC(C)C1(C)CC1. The second-order valence-corrected chi connectivity index (χ2v) is 4.03. The fraction of sp³-hybridized carbons (Fsp3) is 1.00. The van der Waals surface area contributed by atoms with Crippen molar-refractivity contribution in [2.45, 2.75) is 39.7 Å². The highest BCUT2D eigenvalue weighted by molar-refractivity contribution is 4.96. The molecule has 1 N–H and O–H groups in total. The molecule has 0 aliphatic heterocycles. The van der Waals surface area contributed by atoms with Crippen LogP contribution >= 0.6 is 0 Å². The van der Waals surface area contributed by atoms with Crippen LogP contribution in [0.4, 0.5) is 0 Å². The summed E-state index contributed by atoms with van der Waals surface area (Å²) in [6.07, 6.45) is 2.77. The first-order valence-corrected chi connectivity index (χ1v) is 5.00. The zero-order valence-corrected chi connectivity index (χ0v) is 8.52. The summed E-state index contributed by atoms with van der Waals surface area (Å²) in [7, 11) is 0. The summed E-state index contributed by atoms with van der Waals surface area (Å²) in [5.74, 6) is 0. The second kappa shape index (κ2) is 4.24.